The molecule has 168 valence electrons. The van der Waals surface area contributed by atoms with Gasteiger partial charge in [0.2, 0.25) is 5.91 Å². The predicted molar refractivity (Wildman–Crippen MR) is 120 cm³/mol. The molecule has 1 unspecified atom stereocenters. The zero-order valence-electron chi connectivity index (χ0n) is 17.7. The molecule has 1 aliphatic rings. The maximum atomic E-state index is 13.0. The van der Waals surface area contributed by atoms with Crippen molar-refractivity contribution in [1.29, 1.82) is 5.26 Å². The van der Waals surface area contributed by atoms with Crippen LogP contribution in [-0.2, 0) is 9.53 Å². The van der Waals surface area contributed by atoms with Crippen molar-refractivity contribution in [3.63, 3.8) is 0 Å². The average Bonchev–Trinajstić information content (AvgIpc) is 3.21. The van der Waals surface area contributed by atoms with Gasteiger partial charge in [-0.15, -0.1) is 11.3 Å². The van der Waals surface area contributed by atoms with Gasteiger partial charge in [0.25, 0.3) is 5.69 Å². The molecule has 32 heavy (non-hydrogen) atoms. The zero-order valence-corrected chi connectivity index (χ0v) is 18.5. The molecule has 0 spiro atoms. The van der Waals surface area contributed by atoms with Crippen LogP contribution in [0.15, 0.2) is 29.6 Å². The Kier molecular flexibility index (Phi) is 7.92. The number of anilines is 1. The van der Waals surface area contributed by atoms with Gasteiger partial charge in [0.15, 0.2) is 0 Å². The molecule has 9 nitrogen and oxygen atoms in total. The Morgan fingerprint density at radius 1 is 1.38 bits per heavy atom. The number of carbonyl (C=O) groups is 2. The number of hydrogen-bond acceptors (Lipinski definition) is 8. The minimum atomic E-state index is -0.559. The number of hydrogen-bond donors (Lipinski definition) is 1. The van der Waals surface area contributed by atoms with Gasteiger partial charge in [0, 0.05) is 42.6 Å². The summed E-state index contributed by atoms with van der Waals surface area (Å²) in [4.78, 5) is 38.2. The molecule has 0 bridgehead atoms. The molecule has 0 radical (unpaired) electrons. The van der Waals surface area contributed by atoms with E-state index in [0.717, 1.165) is 19.4 Å². The first-order valence-corrected chi connectivity index (χ1v) is 11.3. The van der Waals surface area contributed by atoms with Gasteiger partial charge < -0.3 is 15.0 Å². The van der Waals surface area contributed by atoms with Crippen molar-refractivity contribution in [3.8, 4) is 17.2 Å². The molecule has 0 saturated carbocycles. The number of thiophene rings is 1. The number of non-ortho nitro benzene ring substituents is 1. The van der Waals surface area contributed by atoms with Crippen LogP contribution in [0.5, 0.6) is 0 Å². The van der Waals surface area contributed by atoms with Crippen molar-refractivity contribution in [3.05, 3.63) is 45.3 Å². The summed E-state index contributed by atoms with van der Waals surface area (Å²) in [5, 5.41) is 24.8. The molecule has 1 aromatic carbocycles. The Balaban J connectivity index is 1.83. The smallest absolute Gasteiger partial charge is 0.341 e. The summed E-state index contributed by atoms with van der Waals surface area (Å²) in [6.07, 6.45) is 2.03. The number of amides is 1. The van der Waals surface area contributed by atoms with E-state index in [-0.39, 0.29) is 29.7 Å². The predicted octanol–water partition coefficient (Wildman–Crippen LogP) is 4.06. The molecule has 0 aliphatic carbocycles. The van der Waals surface area contributed by atoms with Gasteiger partial charge in [-0.25, -0.2) is 4.79 Å². The van der Waals surface area contributed by atoms with E-state index >= 15 is 0 Å². The van der Waals surface area contributed by atoms with Crippen molar-refractivity contribution in [1.82, 2.24) is 4.90 Å². The Labute approximate surface area is 189 Å². The van der Waals surface area contributed by atoms with Gasteiger partial charge >= 0.3 is 5.97 Å². The lowest BCUT2D eigenvalue weighted by Crippen LogP contribution is -2.41. The topological polar surface area (TPSA) is 126 Å². The largest absolute Gasteiger partial charge is 0.462 e. The summed E-state index contributed by atoms with van der Waals surface area (Å²) in [7, 11) is 0. The third kappa shape index (κ3) is 5.49. The summed E-state index contributed by atoms with van der Waals surface area (Å²) >= 11 is 1.22. The second-order valence-corrected chi connectivity index (χ2v) is 8.29. The molecule has 1 amide bonds. The quantitative estimate of drug-likeness (QED) is 0.360. The first-order chi connectivity index (χ1) is 15.4. The minimum Gasteiger partial charge on any atom is -0.462 e. The Morgan fingerprint density at radius 3 is 2.78 bits per heavy atom. The van der Waals surface area contributed by atoms with Gasteiger partial charge in [0.05, 0.1) is 23.5 Å². The number of ether oxygens (including phenoxy) is 1. The molecule has 1 N–H and O–H groups in total. The molecule has 1 fully saturated rings. The van der Waals surface area contributed by atoms with Crippen molar-refractivity contribution in [2.24, 2.45) is 5.92 Å². The molecule has 3 rings (SSSR count). The van der Waals surface area contributed by atoms with Gasteiger partial charge in [0.1, 0.15) is 10.6 Å². The number of nitro benzene ring substituents is 1. The first kappa shape index (κ1) is 23.4. The Morgan fingerprint density at radius 2 is 2.12 bits per heavy atom. The number of nitriles is 1. The SMILES string of the molecule is CCOC(=O)c1c(-c2ccc([N+](=O)[O-])cc2)csc1NC(=O)C1CCCN(CCC#N)C1. The van der Waals surface area contributed by atoms with E-state index in [1.807, 2.05) is 0 Å². The van der Waals surface area contributed by atoms with Crippen LogP contribution in [0.3, 0.4) is 0 Å². The maximum Gasteiger partial charge on any atom is 0.341 e. The number of nitrogens with zero attached hydrogens (tertiary/aromatic N) is 3. The van der Waals surface area contributed by atoms with E-state index in [4.69, 9.17) is 10.00 Å². The van der Waals surface area contributed by atoms with Gasteiger partial charge in [-0.3, -0.25) is 14.9 Å². The van der Waals surface area contributed by atoms with Crippen LogP contribution in [-0.4, -0.2) is 47.9 Å². The number of carbonyl (C=O) groups excluding carboxylic acids is 2. The lowest BCUT2D eigenvalue weighted by atomic mass is 9.97. The van der Waals surface area contributed by atoms with Crippen molar-refractivity contribution >= 4 is 33.9 Å². The molecular weight excluding hydrogens is 432 g/mol. The number of nitro groups is 1. The highest BCUT2D eigenvalue weighted by molar-refractivity contribution is 7.15. The molecule has 10 heteroatoms. The summed E-state index contributed by atoms with van der Waals surface area (Å²) in [6, 6.07) is 8.02. The number of benzene rings is 1. The molecule has 1 saturated heterocycles. The van der Waals surface area contributed by atoms with Crippen molar-refractivity contribution in [2.75, 3.05) is 31.6 Å². The number of esters is 1. The standard InChI is InChI=1S/C22H24N4O5S/c1-2-31-22(28)19-18(15-6-8-17(9-7-15)26(29)30)14-32-21(19)24-20(27)16-5-3-11-25(13-16)12-4-10-23/h6-9,14,16H,2-5,11-13H2,1H3,(H,24,27). The van der Waals surface area contributed by atoms with Crippen molar-refractivity contribution in [2.45, 2.75) is 26.2 Å². The molecule has 1 aliphatic heterocycles. The molecule has 2 aromatic rings. The van der Waals surface area contributed by atoms with Crippen LogP contribution in [0.4, 0.5) is 10.7 Å². The van der Waals surface area contributed by atoms with Crippen LogP contribution in [0, 0.1) is 27.4 Å². The molecular formula is C22H24N4O5S. The maximum absolute atomic E-state index is 13.0. The summed E-state index contributed by atoms with van der Waals surface area (Å²) in [5.74, 6) is -0.964. The fourth-order valence-electron chi connectivity index (χ4n) is 3.73. The number of piperidine rings is 1. The number of likely N-dealkylation sites (tertiary alicyclic amines) is 1. The highest BCUT2D eigenvalue weighted by Crippen LogP contribution is 2.37. The Bertz CT molecular complexity index is 1030. The summed E-state index contributed by atoms with van der Waals surface area (Å²) < 4.78 is 5.21. The fourth-order valence-corrected chi connectivity index (χ4v) is 4.69. The molecule has 1 atom stereocenters. The highest BCUT2D eigenvalue weighted by Gasteiger charge is 2.28. The summed E-state index contributed by atoms with van der Waals surface area (Å²) in [6.45, 7) is 3.95. The van der Waals surface area contributed by atoms with Crippen LogP contribution in [0.25, 0.3) is 11.1 Å². The monoisotopic (exact) mass is 456 g/mol. The normalized spacial score (nSPS) is 16.2. The molecule has 2 heterocycles. The van der Waals surface area contributed by atoms with E-state index in [1.54, 1.807) is 24.4 Å². The number of rotatable bonds is 8. The van der Waals surface area contributed by atoms with E-state index in [0.29, 0.717) is 35.6 Å². The highest BCUT2D eigenvalue weighted by atomic mass is 32.1. The lowest BCUT2D eigenvalue weighted by Gasteiger charge is -2.31. The van der Waals surface area contributed by atoms with Crippen molar-refractivity contribution < 1.29 is 19.2 Å². The van der Waals surface area contributed by atoms with Gasteiger partial charge in [-0.1, -0.05) is 0 Å². The fraction of sp³-hybridized carbons (Fsp3) is 0.409. The van der Waals surface area contributed by atoms with Gasteiger partial charge in [-0.2, -0.15) is 5.26 Å². The lowest BCUT2D eigenvalue weighted by molar-refractivity contribution is -0.384. The Hall–Kier alpha value is -3.29. The van der Waals surface area contributed by atoms with Gasteiger partial charge in [-0.05, 0) is 44.0 Å². The molecule has 1 aromatic heterocycles. The summed E-state index contributed by atoms with van der Waals surface area (Å²) in [5.41, 5.74) is 1.37. The van der Waals surface area contributed by atoms with Crippen LogP contribution in [0.2, 0.25) is 0 Å². The third-order valence-electron chi connectivity index (χ3n) is 5.31. The van der Waals surface area contributed by atoms with Crippen LogP contribution >= 0.6 is 11.3 Å². The second-order valence-electron chi connectivity index (χ2n) is 7.42. The van der Waals surface area contributed by atoms with E-state index < -0.39 is 10.9 Å². The number of nitrogens with one attached hydrogen (secondary N) is 1. The second kappa shape index (κ2) is 10.8. The van der Waals surface area contributed by atoms with Crippen LogP contribution in [0.1, 0.15) is 36.5 Å². The van der Waals surface area contributed by atoms with Crippen LogP contribution < -0.4 is 5.32 Å². The first-order valence-electron chi connectivity index (χ1n) is 10.4. The van der Waals surface area contributed by atoms with E-state index in [9.17, 15) is 19.7 Å². The van der Waals surface area contributed by atoms with E-state index in [2.05, 4.69) is 16.3 Å². The zero-order chi connectivity index (χ0) is 23.1. The average molecular weight is 457 g/mol. The third-order valence-corrected chi connectivity index (χ3v) is 6.21. The van der Waals surface area contributed by atoms with E-state index in [1.165, 1.54) is 23.5 Å². The minimum absolute atomic E-state index is 0.0477.